The summed E-state index contributed by atoms with van der Waals surface area (Å²) in [5, 5.41) is 10.7. The van der Waals surface area contributed by atoms with Crippen LogP contribution in [0, 0.1) is 15.9 Å². The van der Waals surface area contributed by atoms with Gasteiger partial charge < -0.3 is 10.3 Å². The number of nitrogens with two attached hydrogens (primary N) is 1. The van der Waals surface area contributed by atoms with Crippen molar-refractivity contribution in [1.29, 1.82) is 0 Å². The fourth-order valence-electron chi connectivity index (χ4n) is 2.03. The number of aromatic nitrogens is 4. The number of hydrogen-bond donors (Lipinski definition) is 1. The molecule has 0 aliphatic heterocycles. The number of fused-ring (bicyclic) bond motifs is 1. The Balaban J connectivity index is 2.05. The molecule has 8 nitrogen and oxygen atoms in total. The highest BCUT2D eigenvalue weighted by atomic mass is 19.1. The zero-order valence-corrected chi connectivity index (χ0v) is 10.6. The minimum atomic E-state index is -0.869. The van der Waals surface area contributed by atoms with Crippen molar-refractivity contribution in [2.45, 2.75) is 6.54 Å². The van der Waals surface area contributed by atoms with Crippen molar-refractivity contribution in [3.63, 3.8) is 0 Å². The summed E-state index contributed by atoms with van der Waals surface area (Å²) in [6.07, 6.45) is 2.72. The highest BCUT2D eigenvalue weighted by molar-refractivity contribution is 5.81. The Hall–Kier alpha value is -3.10. The van der Waals surface area contributed by atoms with Gasteiger partial charge in [0.2, 0.25) is 5.82 Å². The van der Waals surface area contributed by atoms with E-state index in [0.29, 0.717) is 11.2 Å². The molecule has 0 radical (unpaired) electrons. The van der Waals surface area contributed by atoms with Gasteiger partial charge in [0.15, 0.2) is 11.5 Å². The van der Waals surface area contributed by atoms with Gasteiger partial charge in [-0.2, -0.15) is 4.39 Å². The second-order valence-corrected chi connectivity index (χ2v) is 4.31. The predicted molar refractivity (Wildman–Crippen MR) is 71.9 cm³/mol. The summed E-state index contributed by atoms with van der Waals surface area (Å²) in [6, 6.07) is 4.02. The van der Waals surface area contributed by atoms with Crippen LogP contribution in [0.25, 0.3) is 11.2 Å². The average Bonchev–Trinajstić information content (AvgIpc) is 2.85. The predicted octanol–water partition coefficient (Wildman–Crippen LogP) is 1.50. The number of nitro benzene ring substituents is 1. The van der Waals surface area contributed by atoms with E-state index in [1.54, 1.807) is 4.57 Å². The number of nitro groups is 1. The average molecular weight is 288 g/mol. The maximum Gasteiger partial charge on any atom is 0.305 e. The molecule has 1 aromatic carbocycles. The van der Waals surface area contributed by atoms with E-state index in [0.717, 1.165) is 6.07 Å². The van der Waals surface area contributed by atoms with Gasteiger partial charge in [-0.3, -0.25) is 10.1 Å². The molecular weight excluding hydrogens is 279 g/mol. The van der Waals surface area contributed by atoms with E-state index in [-0.39, 0.29) is 17.9 Å². The third-order valence-corrected chi connectivity index (χ3v) is 3.03. The zero-order chi connectivity index (χ0) is 15.0. The normalized spacial score (nSPS) is 10.9. The van der Waals surface area contributed by atoms with E-state index in [1.807, 2.05) is 0 Å². The van der Waals surface area contributed by atoms with Gasteiger partial charge >= 0.3 is 5.69 Å². The first-order valence-electron chi connectivity index (χ1n) is 5.91. The van der Waals surface area contributed by atoms with Gasteiger partial charge in [-0.25, -0.2) is 15.0 Å². The van der Waals surface area contributed by atoms with Crippen molar-refractivity contribution < 1.29 is 9.31 Å². The number of hydrogen-bond acceptors (Lipinski definition) is 6. The summed E-state index contributed by atoms with van der Waals surface area (Å²) in [7, 11) is 0. The molecule has 0 bridgehead atoms. The third-order valence-electron chi connectivity index (χ3n) is 3.03. The van der Waals surface area contributed by atoms with Crippen LogP contribution >= 0.6 is 0 Å². The minimum absolute atomic E-state index is 0.0560. The van der Waals surface area contributed by atoms with E-state index in [1.165, 1.54) is 24.8 Å². The summed E-state index contributed by atoms with van der Waals surface area (Å²) in [4.78, 5) is 21.9. The number of benzene rings is 1. The lowest BCUT2D eigenvalue weighted by Gasteiger charge is -2.05. The molecule has 0 spiro atoms. The summed E-state index contributed by atoms with van der Waals surface area (Å²) >= 11 is 0. The number of halogens is 1. The van der Waals surface area contributed by atoms with E-state index < -0.39 is 16.4 Å². The Morgan fingerprint density at radius 3 is 2.90 bits per heavy atom. The smallest absolute Gasteiger partial charge is 0.305 e. The van der Waals surface area contributed by atoms with Crippen molar-refractivity contribution in [3.05, 3.63) is 52.3 Å². The summed E-state index contributed by atoms with van der Waals surface area (Å²) < 4.78 is 15.6. The van der Waals surface area contributed by atoms with E-state index in [4.69, 9.17) is 5.73 Å². The first-order chi connectivity index (χ1) is 10.1. The van der Waals surface area contributed by atoms with Gasteiger partial charge in [-0.1, -0.05) is 12.1 Å². The monoisotopic (exact) mass is 288 g/mol. The van der Waals surface area contributed by atoms with Crippen molar-refractivity contribution in [2.24, 2.45) is 0 Å². The van der Waals surface area contributed by atoms with Crippen LogP contribution in [0.15, 0.2) is 30.9 Å². The number of anilines is 1. The fourth-order valence-corrected chi connectivity index (χ4v) is 2.03. The molecule has 3 aromatic rings. The molecular formula is C12H9FN6O2. The molecule has 3 rings (SSSR count). The summed E-state index contributed by atoms with van der Waals surface area (Å²) in [5.41, 5.74) is 6.11. The highest BCUT2D eigenvalue weighted by Gasteiger charge is 2.18. The fraction of sp³-hybridized carbons (Fsp3) is 0.0833. The molecule has 2 heterocycles. The molecule has 106 valence electrons. The van der Waals surface area contributed by atoms with E-state index >= 15 is 0 Å². The van der Waals surface area contributed by atoms with Crippen LogP contribution in [-0.4, -0.2) is 24.4 Å². The number of imidazole rings is 1. The molecule has 9 heteroatoms. The van der Waals surface area contributed by atoms with Gasteiger partial charge in [0.1, 0.15) is 11.8 Å². The molecule has 0 unspecified atom stereocenters. The lowest BCUT2D eigenvalue weighted by atomic mass is 10.2. The molecule has 0 saturated heterocycles. The van der Waals surface area contributed by atoms with E-state index in [2.05, 4.69) is 15.0 Å². The Morgan fingerprint density at radius 2 is 2.14 bits per heavy atom. The summed E-state index contributed by atoms with van der Waals surface area (Å²) in [5.74, 6) is -0.648. The van der Waals surface area contributed by atoms with Gasteiger partial charge in [-0.15, -0.1) is 0 Å². The molecule has 21 heavy (non-hydrogen) atoms. The lowest BCUT2D eigenvalue weighted by molar-refractivity contribution is -0.387. The van der Waals surface area contributed by atoms with Crippen LogP contribution in [0.3, 0.4) is 0 Å². The minimum Gasteiger partial charge on any atom is -0.382 e. The second-order valence-electron chi connectivity index (χ2n) is 4.31. The Morgan fingerprint density at radius 1 is 1.33 bits per heavy atom. The van der Waals surface area contributed by atoms with Crippen molar-refractivity contribution in [3.8, 4) is 0 Å². The maximum absolute atomic E-state index is 14.1. The second kappa shape index (κ2) is 4.78. The molecule has 2 N–H and O–H groups in total. The highest BCUT2D eigenvalue weighted by Crippen LogP contribution is 2.22. The van der Waals surface area contributed by atoms with Crippen molar-refractivity contribution >= 4 is 22.7 Å². The van der Waals surface area contributed by atoms with Crippen LogP contribution in [0.4, 0.5) is 15.9 Å². The zero-order valence-electron chi connectivity index (χ0n) is 10.6. The Bertz CT molecular complexity index is 847. The summed E-state index contributed by atoms with van der Waals surface area (Å²) in [6.45, 7) is 0.0560. The number of rotatable bonds is 3. The molecule has 0 aliphatic rings. The maximum atomic E-state index is 14.1. The third kappa shape index (κ3) is 2.14. The first-order valence-corrected chi connectivity index (χ1v) is 5.91. The lowest BCUT2D eigenvalue weighted by Crippen LogP contribution is -2.04. The van der Waals surface area contributed by atoms with Gasteiger partial charge in [0.05, 0.1) is 17.8 Å². The number of nitrogens with zero attached hydrogens (tertiary/aromatic N) is 5. The Labute approximate surface area is 117 Å². The molecule has 0 aliphatic carbocycles. The van der Waals surface area contributed by atoms with Crippen LogP contribution in [0.5, 0.6) is 0 Å². The first kappa shape index (κ1) is 12.9. The van der Waals surface area contributed by atoms with Crippen LogP contribution in [0.2, 0.25) is 0 Å². The molecule has 0 amide bonds. The topological polar surface area (TPSA) is 113 Å². The molecule has 0 atom stereocenters. The van der Waals surface area contributed by atoms with Gasteiger partial charge in [-0.05, 0) is 0 Å². The van der Waals surface area contributed by atoms with Gasteiger partial charge in [0.25, 0.3) is 0 Å². The van der Waals surface area contributed by atoms with E-state index in [9.17, 15) is 14.5 Å². The SMILES string of the molecule is Nc1ncnc2c1ncn2Cc1cccc([N+](=O)[O-])c1F. The van der Waals surface area contributed by atoms with Gasteiger partial charge in [0, 0.05) is 11.6 Å². The molecule has 2 aromatic heterocycles. The van der Waals surface area contributed by atoms with Crippen LogP contribution < -0.4 is 5.73 Å². The quantitative estimate of drug-likeness (QED) is 0.577. The van der Waals surface area contributed by atoms with Crippen LogP contribution in [0.1, 0.15) is 5.56 Å². The standard InChI is InChI=1S/C12H9FN6O2/c13-9-7(2-1-3-8(9)19(20)21)4-18-6-17-10-11(14)15-5-16-12(10)18/h1-3,5-6H,4H2,(H2,14,15,16). The molecule has 0 saturated carbocycles. The molecule has 0 fully saturated rings. The number of nitrogen functional groups attached to an aromatic ring is 1. The van der Waals surface area contributed by atoms with Crippen LogP contribution in [-0.2, 0) is 6.54 Å². The Kier molecular flexibility index (Phi) is 2.94. The van der Waals surface area contributed by atoms with Crippen molar-refractivity contribution in [1.82, 2.24) is 19.5 Å². The van der Waals surface area contributed by atoms with Crippen molar-refractivity contribution in [2.75, 3.05) is 5.73 Å². The largest absolute Gasteiger partial charge is 0.382 e.